The molecule has 210 valence electrons. The second kappa shape index (κ2) is 12.4. The molecule has 0 spiro atoms. The maximum absolute atomic E-state index is 13.0. The Bertz CT molecular complexity index is 1600. The summed E-state index contributed by atoms with van der Waals surface area (Å²) in [5.41, 5.74) is 2.72. The Morgan fingerprint density at radius 2 is 2.10 bits per heavy atom. The number of rotatable bonds is 5. The maximum Gasteiger partial charge on any atom is 0.411 e. The summed E-state index contributed by atoms with van der Waals surface area (Å²) in [5, 5.41) is 20.1. The van der Waals surface area contributed by atoms with Crippen molar-refractivity contribution in [2.75, 3.05) is 17.7 Å². The molecule has 3 N–H and O–H groups in total. The number of hydrogen-bond donors (Lipinski definition) is 3. The lowest BCUT2D eigenvalue weighted by atomic mass is 10.1. The van der Waals surface area contributed by atoms with Crippen LogP contribution in [0, 0.1) is 0 Å². The van der Waals surface area contributed by atoms with E-state index in [4.69, 9.17) is 16.0 Å². The van der Waals surface area contributed by atoms with Gasteiger partial charge in [-0.3, -0.25) is 14.9 Å². The standard InChI is InChI=1S/C27H25ClN8O5/c1-40-27(39)31-18-8-9-19-21(13-18)33-24(37)5-3-2-4-20(26-29-14-23(19)41-26)32-25(38)11-6-16-12-17(28)7-10-22(16)36-15-30-34-35-36/h6-15,20H,2-5H2,1H3,(H,31,39)(H,32,38)(H,33,37)/b11-6+/t20-/m0/s1. The molecule has 0 unspecified atom stereocenters. The van der Waals surface area contributed by atoms with Crippen LogP contribution in [0.1, 0.15) is 43.2 Å². The van der Waals surface area contributed by atoms with Crippen molar-refractivity contribution in [2.45, 2.75) is 31.7 Å². The summed E-state index contributed by atoms with van der Waals surface area (Å²) < 4.78 is 12.2. The van der Waals surface area contributed by atoms with Crippen LogP contribution in [0.2, 0.25) is 5.02 Å². The highest BCUT2D eigenvalue weighted by Crippen LogP contribution is 2.34. The van der Waals surface area contributed by atoms with Gasteiger partial charge >= 0.3 is 6.09 Å². The number of aromatic nitrogens is 5. The fourth-order valence-electron chi connectivity index (χ4n) is 4.31. The number of nitrogens with zero attached hydrogens (tertiary/aromatic N) is 5. The van der Waals surface area contributed by atoms with Crippen LogP contribution in [-0.2, 0) is 14.3 Å². The lowest BCUT2D eigenvalue weighted by molar-refractivity contribution is -0.118. The molecule has 3 heterocycles. The number of ether oxygens (including phenoxy) is 1. The van der Waals surface area contributed by atoms with Crippen molar-refractivity contribution in [2.24, 2.45) is 0 Å². The van der Waals surface area contributed by atoms with Gasteiger partial charge in [-0.1, -0.05) is 18.0 Å². The van der Waals surface area contributed by atoms with Crippen molar-refractivity contribution >= 4 is 47.0 Å². The first-order valence-electron chi connectivity index (χ1n) is 12.7. The number of carbonyl (C=O) groups excluding carboxylic acids is 3. The van der Waals surface area contributed by atoms with Crippen molar-refractivity contribution < 1.29 is 23.5 Å². The predicted octanol–water partition coefficient (Wildman–Crippen LogP) is 4.53. The van der Waals surface area contributed by atoms with Gasteiger partial charge in [-0.05, 0) is 65.7 Å². The third kappa shape index (κ3) is 6.76. The van der Waals surface area contributed by atoms with E-state index >= 15 is 0 Å². The van der Waals surface area contributed by atoms with E-state index in [2.05, 4.69) is 41.2 Å². The molecule has 14 heteroatoms. The number of halogens is 1. The minimum Gasteiger partial charge on any atom is -0.453 e. The van der Waals surface area contributed by atoms with Crippen LogP contribution in [0.25, 0.3) is 23.1 Å². The van der Waals surface area contributed by atoms with Crippen LogP contribution in [0.5, 0.6) is 0 Å². The zero-order chi connectivity index (χ0) is 28.8. The molecule has 5 rings (SSSR count). The number of hydrogen-bond acceptors (Lipinski definition) is 9. The van der Waals surface area contributed by atoms with Gasteiger partial charge in [-0.15, -0.1) is 5.10 Å². The number of carbonyl (C=O) groups is 3. The Hall–Kier alpha value is -5.04. The highest BCUT2D eigenvalue weighted by atomic mass is 35.5. The summed E-state index contributed by atoms with van der Waals surface area (Å²) in [4.78, 5) is 41.7. The SMILES string of the molecule is COC(=O)Nc1ccc2c(c1)NC(=O)CCCC[C@H](NC(=O)/C=C/c1cc(Cl)ccc1-n1cnnn1)c1ncc-2o1. The van der Waals surface area contributed by atoms with Gasteiger partial charge in [-0.2, -0.15) is 4.68 Å². The average Bonchev–Trinajstić information content (AvgIpc) is 3.66. The highest BCUT2D eigenvalue weighted by Gasteiger charge is 2.22. The van der Waals surface area contributed by atoms with Crippen molar-refractivity contribution in [3.8, 4) is 17.0 Å². The number of anilines is 2. The van der Waals surface area contributed by atoms with Crippen LogP contribution in [-0.4, -0.2) is 50.2 Å². The number of tetrazole rings is 1. The summed E-state index contributed by atoms with van der Waals surface area (Å²) in [6.07, 6.45) is 7.34. The molecular weight excluding hydrogens is 552 g/mol. The van der Waals surface area contributed by atoms with E-state index in [1.807, 2.05) is 0 Å². The van der Waals surface area contributed by atoms with Crippen molar-refractivity contribution in [3.05, 3.63) is 71.5 Å². The first-order chi connectivity index (χ1) is 19.9. The molecule has 0 aliphatic carbocycles. The average molecular weight is 577 g/mol. The number of fused-ring (bicyclic) bond motifs is 4. The van der Waals surface area contributed by atoms with Gasteiger partial charge in [0.15, 0.2) is 5.76 Å². The van der Waals surface area contributed by atoms with E-state index in [0.717, 1.165) is 0 Å². The molecular formula is C27H25ClN8O5. The third-order valence-electron chi connectivity index (χ3n) is 6.28. The molecule has 0 saturated carbocycles. The summed E-state index contributed by atoms with van der Waals surface area (Å²) in [6, 6.07) is 9.58. The molecule has 13 nitrogen and oxygen atoms in total. The second-order valence-electron chi connectivity index (χ2n) is 9.09. The molecule has 2 aromatic heterocycles. The topological polar surface area (TPSA) is 166 Å². The van der Waals surface area contributed by atoms with Gasteiger partial charge in [0, 0.05) is 34.3 Å². The summed E-state index contributed by atoms with van der Waals surface area (Å²) in [6.45, 7) is 0. The Balaban J connectivity index is 1.38. The largest absolute Gasteiger partial charge is 0.453 e. The summed E-state index contributed by atoms with van der Waals surface area (Å²) >= 11 is 6.18. The molecule has 0 fully saturated rings. The van der Waals surface area contributed by atoms with Crippen LogP contribution < -0.4 is 16.0 Å². The Morgan fingerprint density at radius 3 is 2.90 bits per heavy atom. The van der Waals surface area contributed by atoms with E-state index in [-0.39, 0.29) is 18.2 Å². The molecule has 1 aliphatic heterocycles. The van der Waals surface area contributed by atoms with E-state index in [0.29, 0.717) is 64.1 Å². The summed E-state index contributed by atoms with van der Waals surface area (Å²) in [5.74, 6) is 0.153. The Kier molecular flexibility index (Phi) is 8.34. The smallest absolute Gasteiger partial charge is 0.411 e. The minimum absolute atomic E-state index is 0.190. The molecule has 2 aromatic carbocycles. The molecule has 4 aromatic rings. The minimum atomic E-state index is -0.638. The normalized spacial score (nSPS) is 15.3. The fourth-order valence-corrected chi connectivity index (χ4v) is 4.49. The fraction of sp³-hybridized carbons (Fsp3) is 0.222. The monoisotopic (exact) mass is 576 g/mol. The van der Waals surface area contributed by atoms with E-state index < -0.39 is 12.1 Å². The number of oxazole rings is 1. The van der Waals surface area contributed by atoms with Gasteiger partial charge in [0.2, 0.25) is 17.7 Å². The molecule has 1 aliphatic rings. The van der Waals surface area contributed by atoms with E-state index in [1.54, 1.807) is 42.5 Å². The highest BCUT2D eigenvalue weighted by molar-refractivity contribution is 6.30. The number of methoxy groups -OCH3 is 1. The molecule has 41 heavy (non-hydrogen) atoms. The second-order valence-corrected chi connectivity index (χ2v) is 9.52. The van der Waals surface area contributed by atoms with Crippen LogP contribution in [0.15, 0.2) is 59.4 Å². The summed E-state index contributed by atoms with van der Waals surface area (Å²) in [7, 11) is 1.26. The maximum atomic E-state index is 13.0. The van der Waals surface area contributed by atoms with Crippen molar-refractivity contribution in [1.29, 1.82) is 0 Å². The van der Waals surface area contributed by atoms with Gasteiger partial charge in [0.1, 0.15) is 12.4 Å². The van der Waals surface area contributed by atoms with Crippen LogP contribution >= 0.6 is 11.6 Å². The lowest BCUT2D eigenvalue weighted by Crippen LogP contribution is -2.27. The Morgan fingerprint density at radius 1 is 1.22 bits per heavy atom. The van der Waals surface area contributed by atoms with Crippen molar-refractivity contribution in [1.82, 2.24) is 30.5 Å². The molecule has 1 atom stereocenters. The quantitative estimate of drug-likeness (QED) is 0.289. The molecule has 0 radical (unpaired) electrons. The molecule has 3 amide bonds. The predicted molar refractivity (Wildman–Crippen MR) is 149 cm³/mol. The zero-order valence-electron chi connectivity index (χ0n) is 21.8. The molecule has 0 saturated heterocycles. The Labute approximate surface area is 238 Å². The molecule has 2 bridgehead atoms. The number of nitrogens with one attached hydrogen (secondary N) is 3. The first kappa shape index (κ1) is 27.5. The van der Waals surface area contributed by atoms with Gasteiger partial charge in [-0.25, -0.2) is 9.78 Å². The van der Waals surface area contributed by atoms with E-state index in [1.165, 1.54) is 30.4 Å². The zero-order valence-corrected chi connectivity index (χ0v) is 22.6. The third-order valence-corrected chi connectivity index (χ3v) is 6.51. The van der Waals surface area contributed by atoms with Crippen LogP contribution in [0.3, 0.4) is 0 Å². The van der Waals surface area contributed by atoms with E-state index in [9.17, 15) is 14.4 Å². The van der Waals surface area contributed by atoms with Gasteiger partial charge in [0.25, 0.3) is 0 Å². The van der Waals surface area contributed by atoms with Gasteiger partial charge in [0.05, 0.1) is 24.7 Å². The number of benzene rings is 2. The van der Waals surface area contributed by atoms with Crippen LogP contribution in [0.4, 0.5) is 16.2 Å². The van der Waals surface area contributed by atoms with Gasteiger partial charge < -0.3 is 19.8 Å². The first-order valence-corrected chi connectivity index (χ1v) is 13.0. The lowest BCUT2D eigenvalue weighted by Gasteiger charge is -2.16. The van der Waals surface area contributed by atoms with Crippen molar-refractivity contribution in [3.63, 3.8) is 0 Å². The number of amides is 3.